The monoisotopic (exact) mass is 212 g/mol. The zero-order valence-electron chi connectivity index (χ0n) is 8.11. The number of benzene rings is 1. The molecular formula is C9H10BFO4. The molecule has 0 aromatic heterocycles. The van der Waals surface area contributed by atoms with Crippen molar-refractivity contribution in [2.24, 2.45) is 0 Å². The van der Waals surface area contributed by atoms with Crippen LogP contribution in [0, 0.1) is 5.82 Å². The predicted octanol–water partition coefficient (Wildman–Crippen LogP) is -0.318. The topological polar surface area (TPSA) is 66.8 Å². The summed E-state index contributed by atoms with van der Waals surface area (Å²) < 4.78 is 17.8. The van der Waals surface area contributed by atoms with Crippen LogP contribution >= 0.6 is 0 Å². The fourth-order valence-corrected chi connectivity index (χ4v) is 1.08. The number of hydrogen-bond acceptors (Lipinski definition) is 4. The molecule has 1 aromatic rings. The van der Waals surface area contributed by atoms with Gasteiger partial charge in [0.15, 0.2) is 0 Å². The molecule has 0 aliphatic heterocycles. The fraction of sp³-hybridized carbons (Fsp3) is 0.222. The van der Waals surface area contributed by atoms with Gasteiger partial charge >= 0.3 is 13.1 Å². The number of rotatable bonds is 3. The van der Waals surface area contributed by atoms with Gasteiger partial charge in [0.1, 0.15) is 5.82 Å². The van der Waals surface area contributed by atoms with Gasteiger partial charge < -0.3 is 14.8 Å². The lowest BCUT2D eigenvalue weighted by atomic mass is 9.79. The van der Waals surface area contributed by atoms with Crippen LogP contribution in [0.3, 0.4) is 0 Å². The normalized spacial score (nSPS) is 9.87. The van der Waals surface area contributed by atoms with Crippen LogP contribution in [0.5, 0.6) is 0 Å². The Kier molecular flexibility index (Phi) is 3.82. The Hall–Kier alpha value is -1.40. The molecule has 1 rings (SSSR count). The smallest absolute Gasteiger partial charge is 0.462 e. The van der Waals surface area contributed by atoms with Gasteiger partial charge in [0.05, 0.1) is 12.2 Å². The van der Waals surface area contributed by atoms with Crippen molar-refractivity contribution in [2.45, 2.75) is 6.92 Å². The van der Waals surface area contributed by atoms with Crippen molar-refractivity contribution >= 4 is 18.6 Å². The predicted molar refractivity (Wildman–Crippen MR) is 52.2 cm³/mol. The first-order valence-corrected chi connectivity index (χ1v) is 4.39. The molecule has 0 spiro atoms. The van der Waals surface area contributed by atoms with Crippen LogP contribution in [-0.4, -0.2) is 29.7 Å². The summed E-state index contributed by atoms with van der Waals surface area (Å²) in [6, 6.07) is 3.31. The third-order valence-corrected chi connectivity index (χ3v) is 1.79. The molecule has 80 valence electrons. The van der Waals surface area contributed by atoms with Crippen LogP contribution in [0.25, 0.3) is 0 Å². The minimum atomic E-state index is -1.89. The summed E-state index contributed by atoms with van der Waals surface area (Å²) >= 11 is 0. The second-order valence-electron chi connectivity index (χ2n) is 2.83. The highest BCUT2D eigenvalue weighted by Crippen LogP contribution is 2.04. The average Bonchev–Trinajstić information content (AvgIpc) is 2.17. The SMILES string of the molecule is CCOC(=O)c1ccc(B(O)O)c(F)c1. The Labute approximate surface area is 86.4 Å². The summed E-state index contributed by atoms with van der Waals surface area (Å²) in [5, 5.41) is 17.5. The Morgan fingerprint density at radius 1 is 1.53 bits per heavy atom. The van der Waals surface area contributed by atoms with Gasteiger partial charge in [0, 0.05) is 5.46 Å². The van der Waals surface area contributed by atoms with Crippen molar-refractivity contribution in [1.82, 2.24) is 0 Å². The molecule has 4 nitrogen and oxygen atoms in total. The van der Waals surface area contributed by atoms with Crippen molar-refractivity contribution in [2.75, 3.05) is 6.61 Å². The molecule has 0 bridgehead atoms. The maximum Gasteiger partial charge on any atom is 0.491 e. The third-order valence-electron chi connectivity index (χ3n) is 1.79. The first-order valence-electron chi connectivity index (χ1n) is 4.39. The quantitative estimate of drug-likeness (QED) is 0.532. The zero-order valence-corrected chi connectivity index (χ0v) is 8.11. The van der Waals surface area contributed by atoms with E-state index in [1.54, 1.807) is 6.92 Å². The van der Waals surface area contributed by atoms with Crippen molar-refractivity contribution in [3.8, 4) is 0 Å². The number of esters is 1. The molecule has 6 heteroatoms. The van der Waals surface area contributed by atoms with Crippen LogP contribution in [-0.2, 0) is 4.74 Å². The van der Waals surface area contributed by atoms with E-state index in [9.17, 15) is 9.18 Å². The number of carbonyl (C=O) groups excluding carboxylic acids is 1. The third kappa shape index (κ3) is 2.77. The zero-order chi connectivity index (χ0) is 11.4. The van der Waals surface area contributed by atoms with Gasteiger partial charge in [-0.3, -0.25) is 0 Å². The van der Waals surface area contributed by atoms with Crippen LogP contribution in [0.15, 0.2) is 18.2 Å². The Morgan fingerprint density at radius 2 is 2.20 bits per heavy atom. The van der Waals surface area contributed by atoms with Crippen LogP contribution in [0.4, 0.5) is 4.39 Å². The lowest BCUT2D eigenvalue weighted by Gasteiger charge is -2.04. The average molecular weight is 212 g/mol. The minimum Gasteiger partial charge on any atom is -0.462 e. The van der Waals surface area contributed by atoms with E-state index in [1.165, 1.54) is 6.07 Å². The summed E-state index contributed by atoms with van der Waals surface area (Å²) in [4.78, 5) is 11.2. The second kappa shape index (κ2) is 4.90. The van der Waals surface area contributed by atoms with Crippen LogP contribution < -0.4 is 5.46 Å². The number of hydrogen-bond donors (Lipinski definition) is 2. The molecule has 0 aliphatic carbocycles. The van der Waals surface area contributed by atoms with Crippen LogP contribution in [0.2, 0.25) is 0 Å². The van der Waals surface area contributed by atoms with Gasteiger partial charge in [-0.25, -0.2) is 9.18 Å². The molecule has 1 aromatic carbocycles. The fourth-order valence-electron chi connectivity index (χ4n) is 1.08. The van der Waals surface area contributed by atoms with Crippen molar-refractivity contribution < 1.29 is 24.0 Å². The first kappa shape index (κ1) is 11.7. The van der Waals surface area contributed by atoms with Gasteiger partial charge in [-0.1, -0.05) is 6.07 Å². The van der Waals surface area contributed by atoms with Crippen molar-refractivity contribution in [3.63, 3.8) is 0 Å². The molecule has 0 saturated heterocycles. The molecule has 0 amide bonds. The maximum absolute atomic E-state index is 13.2. The highest BCUT2D eigenvalue weighted by atomic mass is 19.1. The molecule has 0 unspecified atom stereocenters. The molecule has 0 atom stereocenters. The highest BCUT2D eigenvalue weighted by molar-refractivity contribution is 6.58. The summed E-state index contributed by atoms with van der Waals surface area (Å²) in [5.41, 5.74) is -0.234. The lowest BCUT2D eigenvalue weighted by Crippen LogP contribution is -2.33. The van der Waals surface area contributed by atoms with Crippen LogP contribution in [0.1, 0.15) is 17.3 Å². The molecule has 0 radical (unpaired) electrons. The molecule has 0 saturated carbocycles. The molecular weight excluding hydrogens is 202 g/mol. The minimum absolute atomic E-state index is 0.0405. The summed E-state index contributed by atoms with van der Waals surface area (Å²) in [7, 11) is -1.89. The molecule has 0 heterocycles. The highest BCUT2D eigenvalue weighted by Gasteiger charge is 2.18. The van der Waals surface area contributed by atoms with Crippen molar-refractivity contribution in [3.05, 3.63) is 29.6 Å². The van der Waals surface area contributed by atoms with E-state index >= 15 is 0 Å². The number of carbonyl (C=O) groups is 1. The summed E-state index contributed by atoms with van der Waals surface area (Å²) in [6.07, 6.45) is 0. The summed E-state index contributed by atoms with van der Waals surface area (Å²) in [5.74, 6) is -1.49. The van der Waals surface area contributed by atoms with Crippen molar-refractivity contribution in [1.29, 1.82) is 0 Å². The van der Waals surface area contributed by atoms with E-state index in [2.05, 4.69) is 4.74 Å². The maximum atomic E-state index is 13.2. The molecule has 2 N–H and O–H groups in total. The Morgan fingerprint density at radius 3 is 2.67 bits per heavy atom. The van der Waals surface area contributed by atoms with E-state index in [-0.39, 0.29) is 17.6 Å². The van der Waals surface area contributed by atoms with Gasteiger partial charge in [0.25, 0.3) is 0 Å². The van der Waals surface area contributed by atoms with Gasteiger partial charge in [-0.15, -0.1) is 0 Å². The molecule has 0 aliphatic rings. The number of halogens is 1. The summed E-state index contributed by atoms with van der Waals surface area (Å²) in [6.45, 7) is 1.84. The Bertz CT molecular complexity index is 367. The van der Waals surface area contributed by atoms with E-state index < -0.39 is 18.9 Å². The molecule has 15 heavy (non-hydrogen) atoms. The van der Waals surface area contributed by atoms with E-state index in [0.717, 1.165) is 12.1 Å². The lowest BCUT2D eigenvalue weighted by molar-refractivity contribution is 0.0526. The van der Waals surface area contributed by atoms with Gasteiger partial charge in [-0.05, 0) is 19.1 Å². The van der Waals surface area contributed by atoms with E-state index in [0.29, 0.717) is 0 Å². The molecule has 0 fully saturated rings. The largest absolute Gasteiger partial charge is 0.491 e. The first-order chi connectivity index (χ1) is 7.06. The second-order valence-corrected chi connectivity index (χ2v) is 2.83. The van der Waals surface area contributed by atoms with E-state index in [1.807, 2.05) is 0 Å². The Balaban J connectivity index is 2.96. The van der Waals surface area contributed by atoms with Gasteiger partial charge in [0.2, 0.25) is 0 Å². The number of ether oxygens (including phenoxy) is 1. The van der Waals surface area contributed by atoms with E-state index in [4.69, 9.17) is 10.0 Å². The standard InChI is InChI=1S/C9H10BFO4/c1-2-15-9(12)6-3-4-7(10(13)14)8(11)5-6/h3-5,13-14H,2H2,1H3. The van der Waals surface area contributed by atoms with Gasteiger partial charge in [-0.2, -0.15) is 0 Å².